The fraction of sp³-hybridized carbons (Fsp3) is 0.667. The summed E-state index contributed by atoms with van der Waals surface area (Å²) >= 11 is 6.08. The predicted octanol–water partition coefficient (Wildman–Crippen LogP) is 2.80. The Morgan fingerprint density at radius 3 is 2.78 bits per heavy atom. The molecular weight excluding hydrogens is 250 g/mol. The number of nitrogens with zero attached hydrogens (tertiary/aromatic N) is 2. The Balaban J connectivity index is 2.03. The van der Waals surface area contributed by atoms with Crippen molar-refractivity contribution in [2.75, 3.05) is 10.7 Å². The second-order valence-electron chi connectivity index (χ2n) is 4.87. The third-order valence-corrected chi connectivity index (χ3v) is 3.87. The van der Waals surface area contributed by atoms with Crippen molar-refractivity contribution in [1.29, 1.82) is 0 Å². The molecule has 0 aromatic carbocycles. The molecule has 1 fully saturated rings. The van der Waals surface area contributed by atoms with Crippen molar-refractivity contribution >= 4 is 23.4 Å². The minimum absolute atomic E-state index is 0.364. The summed E-state index contributed by atoms with van der Waals surface area (Å²) in [7, 11) is 0. The van der Waals surface area contributed by atoms with E-state index in [0.717, 1.165) is 0 Å². The number of rotatable bonds is 4. The molecule has 4 N–H and O–H groups in total. The molecule has 0 amide bonds. The van der Waals surface area contributed by atoms with Gasteiger partial charge in [-0.25, -0.2) is 10.8 Å². The van der Waals surface area contributed by atoms with E-state index in [-0.39, 0.29) is 0 Å². The van der Waals surface area contributed by atoms with Crippen molar-refractivity contribution in [1.82, 2.24) is 9.97 Å². The van der Waals surface area contributed by atoms with Gasteiger partial charge in [0, 0.05) is 6.04 Å². The Morgan fingerprint density at radius 1 is 1.39 bits per heavy atom. The number of nitrogen functional groups attached to an aromatic ring is 1. The first-order valence-electron chi connectivity index (χ1n) is 6.46. The van der Waals surface area contributed by atoms with Gasteiger partial charge < -0.3 is 5.32 Å². The Labute approximate surface area is 112 Å². The molecule has 6 heteroatoms. The van der Waals surface area contributed by atoms with Crippen LogP contribution in [0.4, 0.5) is 11.8 Å². The van der Waals surface area contributed by atoms with Crippen LogP contribution in [0.1, 0.15) is 39.0 Å². The van der Waals surface area contributed by atoms with Crippen LogP contribution in [-0.4, -0.2) is 16.0 Å². The second kappa shape index (κ2) is 6.20. The summed E-state index contributed by atoms with van der Waals surface area (Å²) in [5, 5.41) is 3.90. The maximum Gasteiger partial charge on any atom is 0.239 e. The molecule has 18 heavy (non-hydrogen) atoms. The topological polar surface area (TPSA) is 75.9 Å². The van der Waals surface area contributed by atoms with Crippen molar-refractivity contribution in [2.45, 2.75) is 45.1 Å². The minimum atomic E-state index is 0.364. The van der Waals surface area contributed by atoms with Crippen LogP contribution in [0, 0.1) is 5.92 Å². The molecule has 1 atom stereocenters. The Kier molecular flexibility index (Phi) is 4.60. The molecule has 1 aliphatic carbocycles. The zero-order valence-corrected chi connectivity index (χ0v) is 11.4. The highest BCUT2D eigenvalue weighted by molar-refractivity contribution is 6.32. The van der Waals surface area contributed by atoms with Gasteiger partial charge in [-0.2, -0.15) is 4.98 Å². The van der Waals surface area contributed by atoms with Crippen LogP contribution in [-0.2, 0) is 0 Å². The van der Waals surface area contributed by atoms with Crippen LogP contribution < -0.4 is 16.6 Å². The van der Waals surface area contributed by atoms with Crippen LogP contribution in [0.5, 0.6) is 0 Å². The molecule has 0 saturated heterocycles. The normalized spacial score (nSPS) is 18.4. The zero-order valence-electron chi connectivity index (χ0n) is 10.6. The van der Waals surface area contributed by atoms with Gasteiger partial charge in [-0.3, -0.25) is 5.43 Å². The van der Waals surface area contributed by atoms with Crippen LogP contribution in [0.2, 0.25) is 5.02 Å². The van der Waals surface area contributed by atoms with E-state index in [4.69, 9.17) is 17.4 Å². The monoisotopic (exact) mass is 269 g/mol. The molecule has 0 aliphatic heterocycles. The van der Waals surface area contributed by atoms with E-state index >= 15 is 0 Å². The third kappa shape index (κ3) is 3.23. The molecule has 100 valence electrons. The SMILES string of the molecule is CC(Nc1nc(NN)ncc1Cl)C1CCCCC1. The minimum Gasteiger partial charge on any atom is -0.366 e. The number of anilines is 2. The first kappa shape index (κ1) is 13.4. The van der Waals surface area contributed by atoms with Gasteiger partial charge in [0.2, 0.25) is 5.95 Å². The van der Waals surface area contributed by atoms with Crippen LogP contribution in [0.25, 0.3) is 0 Å². The number of aromatic nitrogens is 2. The van der Waals surface area contributed by atoms with Crippen LogP contribution in [0.3, 0.4) is 0 Å². The molecular formula is C12H20ClN5. The molecule has 2 rings (SSSR count). The lowest BCUT2D eigenvalue weighted by Gasteiger charge is -2.28. The molecule has 1 heterocycles. The molecule has 0 spiro atoms. The molecule has 1 aromatic rings. The molecule has 1 saturated carbocycles. The highest BCUT2D eigenvalue weighted by Gasteiger charge is 2.21. The van der Waals surface area contributed by atoms with Gasteiger partial charge in [-0.05, 0) is 25.7 Å². The Morgan fingerprint density at radius 2 is 2.11 bits per heavy atom. The summed E-state index contributed by atoms with van der Waals surface area (Å²) in [6.07, 6.45) is 8.11. The number of hydrazine groups is 1. The number of halogens is 1. The van der Waals surface area contributed by atoms with Gasteiger partial charge in [0.1, 0.15) is 5.02 Å². The number of nitrogens with one attached hydrogen (secondary N) is 2. The molecule has 0 radical (unpaired) electrons. The molecule has 5 nitrogen and oxygen atoms in total. The average Bonchev–Trinajstić information content (AvgIpc) is 2.42. The van der Waals surface area contributed by atoms with Gasteiger partial charge in [-0.15, -0.1) is 0 Å². The summed E-state index contributed by atoms with van der Waals surface area (Å²) in [6, 6.07) is 0.364. The average molecular weight is 270 g/mol. The third-order valence-electron chi connectivity index (χ3n) is 3.59. The van der Waals surface area contributed by atoms with E-state index in [1.54, 1.807) is 6.20 Å². The van der Waals surface area contributed by atoms with E-state index in [1.807, 2.05) is 0 Å². The Hall–Kier alpha value is -1.07. The first-order chi connectivity index (χ1) is 8.70. The Bertz CT molecular complexity index is 392. The van der Waals surface area contributed by atoms with E-state index in [2.05, 4.69) is 27.6 Å². The largest absolute Gasteiger partial charge is 0.366 e. The van der Waals surface area contributed by atoms with Gasteiger partial charge in [-0.1, -0.05) is 30.9 Å². The van der Waals surface area contributed by atoms with Crippen LogP contribution >= 0.6 is 11.6 Å². The maximum absolute atomic E-state index is 6.08. The van der Waals surface area contributed by atoms with Crippen molar-refractivity contribution in [3.63, 3.8) is 0 Å². The number of nitrogens with two attached hydrogens (primary N) is 1. The number of hydrogen-bond acceptors (Lipinski definition) is 5. The molecule has 1 aliphatic rings. The zero-order chi connectivity index (χ0) is 13.0. The quantitative estimate of drug-likeness (QED) is 0.579. The second-order valence-corrected chi connectivity index (χ2v) is 5.27. The summed E-state index contributed by atoms with van der Waals surface area (Å²) in [5.74, 6) is 7.01. The fourth-order valence-electron chi connectivity index (χ4n) is 2.51. The van der Waals surface area contributed by atoms with Gasteiger partial charge >= 0.3 is 0 Å². The van der Waals surface area contributed by atoms with Gasteiger partial charge in [0.25, 0.3) is 0 Å². The van der Waals surface area contributed by atoms with Crippen molar-refractivity contribution in [3.05, 3.63) is 11.2 Å². The van der Waals surface area contributed by atoms with Crippen molar-refractivity contribution in [3.8, 4) is 0 Å². The highest BCUT2D eigenvalue weighted by Crippen LogP contribution is 2.29. The standard InChI is InChI=1S/C12H20ClN5/c1-8(9-5-3-2-4-6-9)16-11-10(13)7-15-12(17-11)18-14/h7-9H,2-6,14H2,1H3,(H2,15,16,17,18). The summed E-state index contributed by atoms with van der Waals surface area (Å²) in [5.41, 5.74) is 2.43. The molecule has 0 bridgehead atoms. The maximum atomic E-state index is 6.08. The van der Waals surface area contributed by atoms with Crippen molar-refractivity contribution < 1.29 is 0 Å². The fourth-order valence-corrected chi connectivity index (χ4v) is 2.65. The van der Waals surface area contributed by atoms with E-state index in [9.17, 15) is 0 Å². The van der Waals surface area contributed by atoms with Crippen molar-refractivity contribution in [2.24, 2.45) is 11.8 Å². The lowest BCUT2D eigenvalue weighted by molar-refractivity contribution is 0.328. The van der Waals surface area contributed by atoms with E-state index in [1.165, 1.54) is 32.1 Å². The van der Waals surface area contributed by atoms with E-state index in [0.29, 0.717) is 28.7 Å². The van der Waals surface area contributed by atoms with E-state index < -0.39 is 0 Å². The molecule has 1 unspecified atom stereocenters. The lowest BCUT2D eigenvalue weighted by Crippen LogP contribution is -2.28. The molecule has 1 aromatic heterocycles. The summed E-state index contributed by atoms with van der Waals surface area (Å²) in [6.45, 7) is 2.18. The van der Waals surface area contributed by atoms with Gasteiger partial charge in [0.05, 0.1) is 6.20 Å². The lowest BCUT2D eigenvalue weighted by atomic mass is 9.84. The smallest absolute Gasteiger partial charge is 0.239 e. The van der Waals surface area contributed by atoms with Gasteiger partial charge in [0.15, 0.2) is 5.82 Å². The summed E-state index contributed by atoms with van der Waals surface area (Å²) in [4.78, 5) is 8.19. The predicted molar refractivity (Wildman–Crippen MR) is 74.5 cm³/mol. The highest BCUT2D eigenvalue weighted by atomic mass is 35.5. The number of hydrogen-bond donors (Lipinski definition) is 3. The summed E-state index contributed by atoms with van der Waals surface area (Å²) < 4.78 is 0. The van der Waals surface area contributed by atoms with Crippen LogP contribution in [0.15, 0.2) is 6.20 Å². The first-order valence-corrected chi connectivity index (χ1v) is 6.84.